The van der Waals surface area contributed by atoms with Crippen molar-refractivity contribution in [1.82, 2.24) is 0 Å². The normalized spacial score (nSPS) is 14.4. The molecule has 2 N–H and O–H groups in total. The molecule has 0 amide bonds. The molecule has 1 aromatic carbocycles. The minimum atomic E-state index is 0.0198. The van der Waals surface area contributed by atoms with E-state index in [9.17, 15) is 0 Å². The van der Waals surface area contributed by atoms with E-state index < -0.39 is 0 Å². The van der Waals surface area contributed by atoms with Crippen LogP contribution in [-0.2, 0) is 0 Å². The van der Waals surface area contributed by atoms with Crippen molar-refractivity contribution in [2.24, 2.45) is 11.7 Å². The Labute approximate surface area is 105 Å². The van der Waals surface area contributed by atoms with Gasteiger partial charge in [0.1, 0.15) is 5.75 Å². The molecule has 1 rings (SSSR count). The summed E-state index contributed by atoms with van der Waals surface area (Å²) in [5.74, 6) is 1.54. The third-order valence-corrected chi connectivity index (χ3v) is 2.96. The third-order valence-electron chi connectivity index (χ3n) is 2.96. The molecular weight excluding hydrogens is 210 g/mol. The van der Waals surface area contributed by atoms with Crippen LogP contribution >= 0.6 is 0 Å². The van der Waals surface area contributed by atoms with Crippen LogP contribution in [0.5, 0.6) is 5.75 Å². The summed E-state index contributed by atoms with van der Waals surface area (Å²) in [6.45, 7) is 9.28. The van der Waals surface area contributed by atoms with E-state index in [1.165, 1.54) is 18.4 Å². The first-order valence-corrected chi connectivity index (χ1v) is 6.53. The highest BCUT2D eigenvalue weighted by Gasteiger charge is 2.09. The number of hydrogen-bond acceptors (Lipinski definition) is 2. The Hall–Kier alpha value is -1.02. The molecule has 0 aliphatic rings. The summed E-state index contributed by atoms with van der Waals surface area (Å²) in [6.07, 6.45) is 2.41. The van der Waals surface area contributed by atoms with Gasteiger partial charge in [-0.3, -0.25) is 0 Å². The van der Waals surface area contributed by atoms with E-state index in [1.807, 2.05) is 13.0 Å². The van der Waals surface area contributed by atoms with Crippen LogP contribution in [0.1, 0.15) is 50.8 Å². The van der Waals surface area contributed by atoms with Gasteiger partial charge in [-0.25, -0.2) is 0 Å². The molecule has 0 radical (unpaired) electrons. The number of ether oxygens (including phenoxy) is 1. The number of nitrogens with two attached hydrogens (primary N) is 1. The Morgan fingerprint density at radius 2 is 2.00 bits per heavy atom. The Morgan fingerprint density at radius 1 is 1.29 bits per heavy atom. The average molecular weight is 235 g/mol. The van der Waals surface area contributed by atoms with Gasteiger partial charge < -0.3 is 10.5 Å². The lowest BCUT2D eigenvalue weighted by Gasteiger charge is -2.17. The Bertz CT molecular complexity index is 347. The zero-order valence-electron chi connectivity index (χ0n) is 11.5. The molecule has 96 valence electrons. The Kier molecular flexibility index (Phi) is 5.49. The molecular formula is C15H25NO. The largest absolute Gasteiger partial charge is 0.493 e. The summed E-state index contributed by atoms with van der Waals surface area (Å²) in [5, 5.41) is 0. The van der Waals surface area contributed by atoms with Gasteiger partial charge in [-0.15, -0.1) is 0 Å². The summed E-state index contributed by atoms with van der Waals surface area (Å²) < 4.78 is 5.89. The maximum Gasteiger partial charge on any atom is 0.124 e. The highest BCUT2D eigenvalue weighted by Crippen LogP contribution is 2.25. The number of rotatable bonds is 6. The van der Waals surface area contributed by atoms with Crippen molar-refractivity contribution in [3.05, 3.63) is 29.3 Å². The van der Waals surface area contributed by atoms with Crippen LogP contribution in [0.4, 0.5) is 0 Å². The topological polar surface area (TPSA) is 35.2 Å². The number of aryl methyl sites for hydroxylation is 1. The lowest BCUT2D eigenvalue weighted by atomic mass is 10.0. The van der Waals surface area contributed by atoms with Crippen LogP contribution in [0.15, 0.2) is 18.2 Å². The molecule has 0 aliphatic carbocycles. The lowest BCUT2D eigenvalue weighted by Crippen LogP contribution is -2.12. The van der Waals surface area contributed by atoms with Gasteiger partial charge >= 0.3 is 0 Å². The second-order valence-electron chi connectivity index (χ2n) is 5.03. The van der Waals surface area contributed by atoms with E-state index in [0.717, 1.165) is 17.9 Å². The summed E-state index contributed by atoms with van der Waals surface area (Å²) in [6, 6.07) is 6.24. The molecule has 0 saturated carbocycles. The molecule has 2 atom stereocenters. The molecule has 2 nitrogen and oxygen atoms in total. The van der Waals surface area contributed by atoms with Crippen molar-refractivity contribution in [3.8, 4) is 5.75 Å². The van der Waals surface area contributed by atoms with E-state index in [0.29, 0.717) is 5.92 Å². The van der Waals surface area contributed by atoms with Crippen molar-refractivity contribution >= 4 is 0 Å². The molecule has 0 aliphatic heterocycles. The summed E-state index contributed by atoms with van der Waals surface area (Å²) >= 11 is 0. The highest BCUT2D eigenvalue weighted by molar-refractivity contribution is 5.38. The van der Waals surface area contributed by atoms with Crippen LogP contribution in [-0.4, -0.2) is 6.61 Å². The van der Waals surface area contributed by atoms with Gasteiger partial charge in [-0.1, -0.05) is 38.0 Å². The monoisotopic (exact) mass is 235 g/mol. The third kappa shape index (κ3) is 4.39. The number of benzene rings is 1. The van der Waals surface area contributed by atoms with Crippen LogP contribution in [0.25, 0.3) is 0 Å². The van der Waals surface area contributed by atoms with Gasteiger partial charge in [-0.05, 0) is 32.3 Å². The van der Waals surface area contributed by atoms with E-state index in [2.05, 4.69) is 32.9 Å². The van der Waals surface area contributed by atoms with Crippen LogP contribution in [0.3, 0.4) is 0 Å². The Morgan fingerprint density at radius 3 is 2.59 bits per heavy atom. The summed E-state index contributed by atoms with van der Waals surface area (Å²) in [7, 11) is 0. The predicted octanol–water partition coefficient (Wildman–Crippen LogP) is 3.83. The molecule has 1 unspecified atom stereocenters. The van der Waals surface area contributed by atoms with Gasteiger partial charge in [-0.2, -0.15) is 0 Å². The lowest BCUT2D eigenvalue weighted by molar-refractivity contribution is 0.248. The molecule has 0 heterocycles. The van der Waals surface area contributed by atoms with E-state index in [1.54, 1.807) is 0 Å². The highest BCUT2D eigenvalue weighted by atomic mass is 16.5. The minimum Gasteiger partial charge on any atom is -0.493 e. The zero-order valence-corrected chi connectivity index (χ0v) is 11.5. The van der Waals surface area contributed by atoms with Crippen molar-refractivity contribution in [3.63, 3.8) is 0 Å². The minimum absolute atomic E-state index is 0.0198. The predicted molar refractivity (Wildman–Crippen MR) is 73.3 cm³/mol. The van der Waals surface area contributed by atoms with Crippen LogP contribution in [0.2, 0.25) is 0 Å². The van der Waals surface area contributed by atoms with E-state index in [4.69, 9.17) is 10.5 Å². The van der Waals surface area contributed by atoms with Gasteiger partial charge in [0.05, 0.1) is 6.61 Å². The second-order valence-corrected chi connectivity index (χ2v) is 5.03. The number of hydrogen-bond donors (Lipinski definition) is 1. The molecule has 0 fully saturated rings. The van der Waals surface area contributed by atoms with Crippen molar-refractivity contribution in [1.29, 1.82) is 0 Å². The first-order valence-electron chi connectivity index (χ1n) is 6.53. The maximum atomic E-state index is 5.97. The average Bonchev–Trinajstić information content (AvgIpc) is 2.27. The smallest absolute Gasteiger partial charge is 0.124 e. The molecule has 0 saturated heterocycles. The first-order chi connectivity index (χ1) is 8.04. The van der Waals surface area contributed by atoms with Crippen molar-refractivity contribution < 1.29 is 4.74 Å². The fraction of sp³-hybridized carbons (Fsp3) is 0.600. The molecule has 1 aromatic rings. The SMILES string of the molecule is CCCC(C)COc1ccc(C)cc1[C@H](C)N. The van der Waals surface area contributed by atoms with E-state index >= 15 is 0 Å². The van der Waals surface area contributed by atoms with Gasteiger partial charge in [0.15, 0.2) is 0 Å². The summed E-state index contributed by atoms with van der Waals surface area (Å²) in [4.78, 5) is 0. The quantitative estimate of drug-likeness (QED) is 0.813. The Balaban J connectivity index is 2.70. The summed E-state index contributed by atoms with van der Waals surface area (Å²) in [5.41, 5.74) is 8.30. The van der Waals surface area contributed by atoms with Gasteiger partial charge in [0.2, 0.25) is 0 Å². The zero-order chi connectivity index (χ0) is 12.8. The van der Waals surface area contributed by atoms with Gasteiger partial charge in [0.25, 0.3) is 0 Å². The fourth-order valence-corrected chi connectivity index (χ4v) is 1.96. The van der Waals surface area contributed by atoms with Crippen LogP contribution in [0, 0.1) is 12.8 Å². The molecule has 2 heteroatoms. The fourth-order valence-electron chi connectivity index (χ4n) is 1.96. The molecule has 17 heavy (non-hydrogen) atoms. The van der Waals surface area contributed by atoms with Crippen LogP contribution < -0.4 is 10.5 Å². The standard InChI is InChI=1S/C15H25NO/c1-5-6-12(3)10-17-15-8-7-11(2)9-14(15)13(4)16/h7-9,12-13H,5-6,10,16H2,1-4H3/t12?,13-/m0/s1. The second kappa shape index (κ2) is 6.65. The first kappa shape index (κ1) is 14.0. The van der Waals surface area contributed by atoms with Gasteiger partial charge in [0, 0.05) is 11.6 Å². The van der Waals surface area contributed by atoms with Crippen molar-refractivity contribution in [2.45, 2.75) is 46.6 Å². The van der Waals surface area contributed by atoms with Crippen molar-refractivity contribution in [2.75, 3.05) is 6.61 Å². The van der Waals surface area contributed by atoms with E-state index in [-0.39, 0.29) is 6.04 Å². The molecule has 0 aromatic heterocycles. The maximum absolute atomic E-state index is 5.97. The molecule has 0 bridgehead atoms. The molecule has 0 spiro atoms.